The van der Waals surface area contributed by atoms with Crippen LogP contribution in [0.3, 0.4) is 0 Å². The Kier molecular flexibility index (Phi) is 4.76. The predicted molar refractivity (Wildman–Crippen MR) is 68.9 cm³/mol. The van der Waals surface area contributed by atoms with E-state index >= 15 is 0 Å². The van der Waals surface area contributed by atoms with Gasteiger partial charge in [0.2, 0.25) is 0 Å². The van der Waals surface area contributed by atoms with Gasteiger partial charge in [-0.2, -0.15) is 0 Å². The Hall–Kier alpha value is -1.77. The Morgan fingerprint density at radius 1 is 1.24 bits per heavy atom. The Morgan fingerprint density at radius 2 is 1.71 bits per heavy atom. The third-order valence-electron chi connectivity index (χ3n) is 2.25. The van der Waals surface area contributed by atoms with Gasteiger partial charge in [0, 0.05) is 5.56 Å². The number of aldehydes is 1. The van der Waals surface area contributed by atoms with Crippen LogP contribution >= 0.6 is 0 Å². The van der Waals surface area contributed by atoms with Crippen molar-refractivity contribution in [2.75, 3.05) is 13.2 Å². The SMILES string of the molecule is C=C(C)c1c(OCC)cc(C=O)cc1OCC. The molecule has 0 spiro atoms. The molecule has 92 valence electrons. The maximum absolute atomic E-state index is 10.9. The van der Waals surface area contributed by atoms with E-state index in [4.69, 9.17) is 9.47 Å². The minimum Gasteiger partial charge on any atom is -0.493 e. The monoisotopic (exact) mass is 234 g/mol. The molecule has 0 saturated heterocycles. The van der Waals surface area contributed by atoms with E-state index in [0.29, 0.717) is 30.3 Å². The zero-order valence-corrected chi connectivity index (χ0v) is 10.6. The predicted octanol–water partition coefficient (Wildman–Crippen LogP) is 3.33. The average molecular weight is 234 g/mol. The zero-order chi connectivity index (χ0) is 12.8. The molecule has 0 bridgehead atoms. The number of rotatable bonds is 6. The number of hydrogen-bond acceptors (Lipinski definition) is 3. The van der Waals surface area contributed by atoms with Crippen LogP contribution in [0.25, 0.3) is 5.57 Å². The van der Waals surface area contributed by atoms with E-state index in [1.54, 1.807) is 12.1 Å². The van der Waals surface area contributed by atoms with E-state index in [0.717, 1.165) is 17.4 Å². The molecule has 0 atom stereocenters. The smallest absolute Gasteiger partial charge is 0.150 e. The molecule has 1 rings (SSSR count). The Bertz CT molecular complexity index is 394. The first-order chi connectivity index (χ1) is 8.13. The fraction of sp³-hybridized carbons (Fsp3) is 0.357. The summed E-state index contributed by atoms with van der Waals surface area (Å²) in [5, 5.41) is 0. The fourth-order valence-electron chi connectivity index (χ4n) is 1.64. The Morgan fingerprint density at radius 3 is 2.00 bits per heavy atom. The molecular weight excluding hydrogens is 216 g/mol. The summed E-state index contributed by atoms with van der Waals surface area (Å²) in [6.45, 7) is 10.7. The highest BCUT2D eigenvalue weighted by atomic mass is 16.5. The molecular formula is C14H18O3. The third-order valence-corrected chi connectivity index (χ3v) is 2.25. The summed E-state index contributed by atoms with van der Waals surface area (Å²) in [7, 11) is 0. The van der Waals surface area contributed by atoms with Gasteiger partial charge in [0.05, 0.1) is 18.8 Å². The Labute approximate surface area is 102 Å². The summed E-state index contributed by atoms with van der Waals surface area (Å²) >= 11 is 0. The van der Waals surface area contributed by atoms with Crippen molar-refractivity contribution in [1.82, 2.24) is 0 Å². The molecule has 0 fully saturated rings. The molecule has 0 saturated carbocycles. The minimum atomic E-state index is 0.536. The topological polar surface area (TPSA) is 35.5 Å². The number of ether oxygens (including phenoxy) is 2. The maximum atomic E-state index is 10.9. The van der Waals surface area contributed by atoms with Gasteiger partial charge in [0.25, 0.3) is 0 Å². The van der Waals surface area contributed by atoms with Crippen molar-refractivity contribution in [2.45, 2.75) is 20.8 Å². The first kappa shape index (κ1) is 13.3. The van der Waals surface area contributed by atoms with E-state index < -0.39 is 0 Å². The van der Waals surface area contributed by atoms with Gasteiger partial charge in [-0.3, -0.25) is 4.79 Å². The molecule has 17 heavy (non-hydrogen) atoms. The number of carbonyl (C=O) groups is 1. The van der Waals surface area contributed by atoms with Crippen molar-refractivity contribution < 1.29 is 14.3 Å². The van der Waals surface area contributed by atoms with E-state index in [1.807, 2.05) is 20.8 Å². The summed E-state index contributed by atoms with van der Waals surface area (Å²) in [6.07, 6.45) is 0.785. The van der Waals surface area contributed by atoms with Gasteiger partial charge in [0.15, 0.2) is 0 Å². The lowest BCUT2D eigenvalue weighted by Crippen LogP contribution is -2.02. The van der Waals surface area contributed by atoms with Gasteiger partial charge < -0.3 is 9.47 Å². The molecule has 0 aliphatic carbocycles. The first-order valence-corrected chi connectivity index (χ1v) is 5.68. The lowest BCUT2D eigenvalue weighted by molar-refractivity contribution is 0.112. The molecule has 0 radical (unpaired) electrons. The highest BCUT2D eigenvalue weighted by molar-refractivity contribution is 5.82. The standard InChI is InChI=1S/C14H18O3/c1-5-16-12-7-11(9-15)8-13(17-6-2)14(12)10(3)4/h7-9H,3,5-6H2,1-2,4H3. The van der Waals surface area contributed by atoms with Crippen LogP contribution in [0.4, 0.5) is 0 Å². The lowest BCUT2D eigenvalue weighted by Gasteiger charge is -2.16. The summed E-state index contributed by atoms with van der Waals surface area (Å²) in [4.78, 5) is 10.9. The first-order valence-electron chi connectivity index (χ1n) is 5.68. The van der Waals surface area contributed by atoms with Crippen molar-refractivity contribution in [2.24, 2.45) is 0 Å². The fourth-order valence-corrected chi connectivity index (χ4v) is 1.64. The number of benzene rings is 1. The lowest BCUT2D eigenvalue weighted by atomic mass is 10.0. The second-order valence-electron chi connectivity index (χ2n) is 3.66. The molecule has 0 N–H and O–H groups in total. The van der Waals surface area contributed by atoms with Crippen molar-refractivity contribution in [1.29, 1.82) is 0 Å². The van der Waals surface area contributed by atoms with Gasteiger partial charge in [-0.1, -0.05) is 6.58 Å². The second kappa shape index (κ2) is 6.09. The summed E-state index contributed by atoms with van der Waals surface area (Å²) in [6, 6.07) is 3.42. The van der Waals surface area contributed by atoms with Crippen LogP contribution in [-0.2, 0) is 0 Å². The molecule has 3 heteroatoms. The van der Waals surface area contributed by atoms with Crippen LogP contribution in [0.1, 0.15) is 36.7 Å². The van der Waals surface area contributed by atoms with Crippen LogP contribution in [-0.4, -0.2) is 19.5 Å². The Balaban J connectivity index is 3.37. The normalized spacial score (nSPS) is 9.82. The molecule has 0 unspecified atom stereocenters. The van der Waals surface area contributed by atoms with Gasteiger partial charge in [-0.15, -0.1) is 0 Å². The molecule has 0 amide bonds. The minimum absolute atomic E-state index is 0.536. The van der Waals surface area contributed by atoms with Gasteiger partial charge >= 0.3 is 0 Å². The molecule has 0 aliphatic heterocycles. The largest absolute Gasteiger partial charge is 0.493 e. The van der Waals surface area contributed by atoms with E-state index in [-0.39, 0.29) is 0 Å². The quantitative estimate of drug-likeness (QED) is 0.708. The van der Waals surface area contributed by atoms with E-state index in [1.165, 1.54) is 0 Å². The highest BCUT2D eigenvalue weighted by Gasteiger charge is 2.13. The highest BCUT2D eigenvalue weighted by Crippen LogP contribution is 2.35. The zero-order valence-electron chi connectivity index (χ0n) is 10.6. The number of allylic oxidation sites excluding steroid dienone is 1. The summed E-state index contributed by atoms with van der Waals surface area (Å²) in [5.74, 6) is 1.29. The van der Waals surface area contributed by atoms with Crippen LogP contribution in [0.2, 0.25) is 0 Å². The van der Waals surface area contributed by atoms with Crippen LogP contribution in [0.15, 0.2) is 18.7 Å². The summed E-state index contributed by atoms with van der Waals surface area (Å²) in [5.41, 5.74) is 2.23. The molecule has 0 aromatic heterocycles. The average Bonchev–Trinajstić information content (AvgIpc) is 2.28. The van der Waals surface area contributed by atoms with Crippen molar-refractivity contribution in [3.63, 3.8) is 0 Å². The van der Waals surface area contributed by atoms with E-state index in [2.05, 4.69) is 6.58 Å². The van der Waals surface area contributed by atoms with Crippen LogP contribution < -0.4 is 9.47 Å². The maximum Gasteiger partial charge on any atom is 0.150 e. The molecule has 1 aromatic rings. The van der Waals surface area contributed by atoms with Crippen LogP contribution in [0, 0.1) is 0 Å². The number of hydrogen-bond donors (Lipinski definition) is 0. The second-order valence-corrected chi connectivity index (χ2v) is 3.66. The van der Waals surface area contributed by atoms with Crippen molar-refractivity contribution in [3.8, 4) is 11.5 Å². The molecule has 0 heterocycles. The molecule has 0 aliphatic rings. The van der Waals surface area contributed by atoms with Crippen molar-refractivity contribution >= 4 is 11.9 Å². The van der Waals surface area contributed by atoms with Crippen LogP contribution in [0.5, 0.6) is 11.5 Å². The summed E-state index contributed by atoms with van der Waals surface area (Å²) < 4.78 is 11.1. The molecule has 1 aromatic carbocycles. The third kappa shape index (κ3) is 3.09. The molecule has 3 nitrogen and oxygen atoms in total. The van der Waals surface area contributed by atoms with E-state index in [9.17, 15) is 4.79 Å². The van der Waals surface area contributed by atoms with Crippen molar-refractivity contribution in [3.05, 3.63) is 29.8 Å². The number of carbonyl (C=O) groups excluding carboxylic acids is 1. The van der Waals surface area contributed by atoms with Gasteiger partial charge in [0.1, 0.15) is 17.8 Å². The van der Waals surface area contributed by atoms with Gasteiger partial charge in [-0.05, 0) is 38.5 Å². The van der Waals surface area contributed by atoms with Gasteiger partial charge in [-0.25, -0.2) is 0 Å².